The van der Waals surface area contributed by atoms with E-state index in [2.05, 4.69) is 10.6 Å². The van der Waals surface area contributed by atoms with Crippen LogP contribution in [0.3, 0.4) is 0 Å². The average molecular weight is 1080 g/mol. The molecule has 0 fully saturated rings. The van der Waals surface area contributed by atoms with Crippen molar-refractivity contribution in [1.82, 2.24) is 0 Å². The molecule has 0 bridgehead atoms. The van der Waals surface area contributed by atoms with Gasteiger partial charge in [-0.15, -0.1) is 0 Å². The molecule has 3 atom stereocenters. The summed E-state index contributed by atoms with van der Waals surface area (Å²) in [6.07, 6.45) is 1.56. The first-order chi connectivity index (χ1) is 36.5. The van der Waals surface area contributed by atoms with E-state index in [0.717, 1.165) is 23.2 Å². The number of para-hydroxylation sites is 2. The minimum absolute atomic E-state index is 0.0142. The molecule has 19 nitrogen and oxygen atoms in total. The van der Waals surface area contributed by atoms with Crippen LogP contribution in [0.5, 0.6) is 23.0 Å². The minimum Gasteiger partial charge on any atom is -0.493 e. The Morgan fingerprint density at radius 2 is 1.29 bits per heavy atom. The molecule has 0 aromatic heterocycles. The standard InChI is InChI=1S/C55H65N5O14SSi/c1-68-18-19-72-21-20-71-17-16-58(52(61)15-10-22-76(4,5)67)39-24-35(33-73-50-30-43-41(28-48(50)69-2)54(62)59-40(32-56-43)26-37-11-6-8-13-45(37)59)23-36(25-39)34-74-51-31-44-42(29-49(51)70-3)55(63)60-46-14-9-7-12-38(46)27-47(60)53(57-44)75(64,65)66/h6-9,11-14,23-25,28-31,40,47,53,56-57,67H,10,15-22,26-27,32-34H2,1-5H3,(H,64,65,66)/t40-,47-,53?/m0/s1. The number of hydrogen-bond acceptors (Lipinski definition) is 15. The SMILES string of the molecule is COCCOCCOCCN(C(=O)CCC[Si](C)(C)O)c1cc(COc2cc3c(cc2OC)C(=O)N2c4ccccc4C[C@H]2CN3)cc(COc2cc3c(cc2OC)C(=O)N2c4ccccc4C[C@H]2C(S(=O)(=O)O)N3)c1. The highest BCUT2D eigenvalue weighted by Gasteiger charge is 2.47. The maximum absolute atomic E-state index is 14.4. The van der Waals surface area contributed by atoms with Crippen LogP contribution >= 0.6 is 0 Å². The number of benzene rings is 5. The number of amides is 3. The van der Waals surface area contributed by atoms with Gasteiger partial charge in [0, 0.05) is 55.8 Å². The van der Waals surface area contributed by atoms with Gasteiger partial charge in [-0.25, -0.2) is 0 Å². The van der Waals surface area contributed by atoms with Crippen molar-refractivity contribution in [1.29, 1.82) is 0 Å². The molecule has 404 valence electrons. The van der Waals surface area contributed by atoms with Crippen LogP contribution in [-0.4, -0.2) is 129 Å². The molecule has 21 heteroatoms. The number of nitrogens with zero attached hydrogens (tertiary/aromatic N) is 3. The minimum atomic E-state index is -4.76. The van der Waals surface area contributed by atoms with Crippen LogP contribution in [-0.2, 0) is 55.2 Å². The fraction of sp³-hybridized carbons (Fsp3) is 0.400. The zero-order valence-corrected chi connectivity index (χ0v) is 45.2. The molecule has 0 saturated carbocycles. The van der Waals surface area contributed by atoms with Crippen molar-refractivity contribution in [2.24, 2.45) is 0 Å². The summed E-state index contributed by atoms with van der Waals surface area (Å²) < 4.78 is 77.9. The first-order valence-electron chi connectivity index (χ1n) is 25.3. The number of ether oxygens (including phenoxy) is 7. The maximum Gasteiger partial charge on any atom is 0.288 e. The lowest BCUT2D eigenvalue weighted by molar-refractivity contribution is -0.118. The second kappa shape index (κ2) is 23.3. The summed E-state index contributed by atoms with van der Waals surface area (Å²) in [6.45, 7) is 5.93. The van der Waals surface area contributed by atoms with E-state index in [4.69, 9.17) is 33.2 Å². The van der Waals surface area contributed by atoms with E-state index in [0.29, 0.717) is 84.1 Å². The van der Waals surface area contributed by atoms with Crippen LogP contribution in [0.4, 0.5) is 28.4 Å². The molecule has 4 aliphatic heterocycles. The van der Waals surface area contributed by atoms with E-state index in [-0.39, 0.29) is 86.4 Å². The summed E-state index contributed by atoms with van der Waals surface area (Å²) in [7, 11) is -2.68. The van der Waals surface area contributed by atoms with E-state index in [1.54, 1.807) is 36.3 Å². The van der Waals surface area contributed by atoms with Gasteiger partial charge in [0.05, 0.1) is 81.8 Å². The molecule has 0 saturated heterocycles. The van der Waals surface area contributed by atoms with Crippen LogP contribution in [0.25, 0.3) is 0 Å². The largest absolute Gasteiger partial charge is 0.493 e. The Bertz CT molecular complexity index is 3080. The molecular weight excluding hydrogens is 1010 g/mol. The monoisotopic (exact) mass is 1080 g/mol. The smallest absolute Gasteiger partial charge is 0.288 e. The van der Waals surface area contributed by atoms with Gasteiger partial charge in [0.1, 0.15) is 13.2 Å². The molecule has 0 spiro atoms. The van der Waals surface area contributed by atoms with Crippen molar-refractivity contribution in [3.05, 3.63) is 124 Å². The number of carbonyl (C=O) groups excluding carboxylic acids is 3. The van der Waals surface area contributed by atoms with Crippen molar-refractivity contribution >= 4 is 64.6 Å². The van der Waals surface area contributed by atoms with E-state index in [1.807, 2.05) is 72.6 Å². The van der Waals surface area contributed by atoms with E-state index in [1.165, 1.54) is 31.3 Å². The molecule has 4 aliphatic rings. The molecule has 4 N–H and O–H groups in total. The Labute approximate surface area is 443 Å². The summed E-state index contributed by atoms with van der Waals surface area (Å²) in [5.74, 6) is 0.251. The third-order valence-electron chi connectivity index (χ3n) is 14.0. The number of anilines is 5. The van der Waals surface area contributed by atoms with Crippen LogP contribution < -0.4 is 44.3 Å². The van der Waals surface area contributed by atoms with Crippen molar-refractivity contribution in [3.63, 3.8) is 0 Å². The Hall–Kier alpha value is -6.72. The summed E-state index contributed by atoms with van der Waals surface area (Å²) in [6, 6.07) is 26.5. The summed E-state index contributed by atoms with van der Waals surface area (Å²) in [4.78, 5) is 58.4. The summed E-state index contributed by atoms with van der Waals surface area (Å²) in [5, 5.41) is 4.86. The van der Waals surface area contributed by atoms with Crippen molar-refractivity contribution in [2.75, 3.05) is 92.8 Å². The lowest BCUT2D eigenvalue weighted by Crippen LogP contribution is -2.49. The average Bonchev–Trinajstić information content (AvgIpc) is 3.92. The molecule has 0 radical (unpaired) electrons. The normalized spacial score (nSPS) is 17.4. The number of methoxy groups -OCH3 is 3. The van der Waals surface area contributed by atoms with Crippen LogP contribution in [0, 0.1) is 0 Å². The highest BCUT2D eigenvalue weighted by atomic mass is 32.2. The number of rotatable bonds is 23. The zero-order valence-electron chi connectivity index (χ0n) is 43.3. The highest BCUT2D eigenvalue weighted by molar-refractivity contribution is 7.86. The Morgan fingerprint density at radius 1 is 0.724 bits per heavy atom. The maximum atomic E-state index is 14.4. The number of fused-ring (bicyclic) bond motifs is 8. The Kier molecular flexibility index (Phi) is 16.5. The summed E-state index contributed by atoms with van der Waals surface area (Å²) >= 11 is 0. The summed E-state index contributed by atoms with van der Waals surface area (Å²) in [5.41, 5.74) is 6.35. The fourth-order valence-electron chi connectivity index (χ4n) is 10.3. The molecule has 9 rings (SSSR count). The molecule has 5 aromatic carbocycles. The number of carbonyl (C=O) groups is 3. The van der Waals surface area contributed by atoms with Crippen molar-refractivity contribution in [3.8, 4) is 23.0 Å². The molecule has 4 heterocycles. The number of hydrogen-bond donors (Lipinski definition) is 4. The van der Waals surface area contributed by atoms with Gasteiger partial charge < -0.3 is 63.3 Å². The van der Waals surface area contributed by atoms with Gasteiger partial charge in [-0.3, -0.25) is 18.9 Å². The van der Waals surface area contributed by atoms with Gasteiger partial charge in [0.25, 0.3) is 21.9 Å². The second-order valence-electron chi connectivity index (χ2n) is 19.8. The van der Waals surface area contributed by atoms with E-state index in [9.17, 15) is 32.1 Å². The van der Waals surface area contributed by atoms with Gasteiger partial charge in [-0.2, -0.15) is 8.42 Å². The lowest BCUT2D eigenvalue weighted by atomic mass is 10.1. The number of nitrogens with one attached hydrogen (secondary N) is 2. The lowest BCUT2D eigenvalue weighted by Gasteiger charge is -2.27. The van der Waals surface area contributed by atoms with Crippen LogP contribution in [0.1, 0.15) is 55.8 Å². The van der Waals surface area contributed by atoms with Gasteiger partial charge in [-0.1, -0.05) is 36.4 Å². The van der Waals surface area contributed by atoms with Crippen LogP contribution in [0.15, 0.2) is 91.0 Å². The van der Waals surface area contributed by atoms with Gasteiger partial charge in [-0.05, 0) is 103 Å². The predicted molar refractivity (Wildman–Crippen MR) is 290 cm³/mol. The molecule has 1 unspecified atom stereocenters. The third kappa shape index (κ3) is 11.9. The quantitative estimate of drug-likeness (QED) is 0.0292. The first kappa shape index (κ1) is 54.1. The molecule has 3 amide bonds. The molecule has 76 heavy (non-hydrogen) atoms. The van der Waals surface area contributed by atoms with Gasteiger partial charge in [0.15, 0.2) is 36.7 Å². The Morgan fingerprint density at radius 3 is 1.91 bits per heavy atom. The second-order valence-corrected chi connectivity index (χ2v) is 25.5. The zero-order chi connectivity index (χ0) is 53.7. The highest BCUT2D eigenvalue weighted by Crippen LogP contribution is 2.44. The third-order valence-corrected chi connectivity index (χ3v) is 16.6. The molecular formula is C55H65N5O14SSi. The molecule has 5 aromatic rings. The fourth-order valence-corrected chi connectivity index (χ4v) is 12.3. The van der Waals surface area contributed by atoms with E-state index < -0.39 is 35.8 Å². The van der Waals surface area contributed by atoms with Crippen LogP contribution in [0.2, 0.25) is 19.1 Å². The Balaban J connectivity index is 1.03. The predicted octanol–water partition coefficient (Wildman–Crippen LogP) is 7.06. The van der Waals surface area contributed by atoms with E-state index >= 15 is 0 Å². The van der Waals surface area contributed by atoms with Crippen molar-refractivity contribution in [2.45, 2.75) is 75.5 Å². The van der Waals surface area contributed by atoms with Crippen molar-refractivity contribution < 1.29 is 65.3 Å². The molecule has 0 aliphatic carbocycles. The first-order valence-corrected chi connectivity index (χ1v) is 30.0. The van der Waals surface area contributed by atoms with Gasteiger partial charge >= 0.3 is 0 Å². The topological polar surface area (TPSA) is 224 Å². The van der Waals surface area contributed by atoms with Gasteiger partial charge in [0.2, 0.25) is 5.91 Å².